The van der Waals surface area contributed by atoms with E-state index in [0.717, 1.165) is 6.07 Å². The molecule has 0 radical (unpaired) electrons. The molecular weight excluding hydrogens is 397 g/mol. The highest BCUT2D eigenvalue weighted by Gasteiger charge is 2.32. The average molecular weight is 417 g/mol. The lowest BCUT2D eigenvalue weighted by Crippen LogP contribution is -2.39. The van der Waals surface area contributed by atoms with Crippen LogP contribution >= 0.6 is 11.3 Å². The van der Waals surface area contributed by atoms with Gasteiger partial charge in [0.15, 0.2) is 22.4 Å². The molecule has 8 nitrogen and oxygen atoms in total. The highest BCUT2D eigenvalue weighted by Crippen LogP contribution is 2.28. The Morgan fingerprint density at radius 1 is 1.48 bits per heavy atom. The van der Waals surface area contributed by atoms with Crippen LogP contribution in [0.15, 0.2) is 28.6 Å². The fourth-order valence-electron chi connectivity index (χ4n) is 3.44. The predicted octanol–water partition coefficient (Wildman–Crippen LogP) is 2.09. The molecule has 1 fully saturated rings. The first-order valence-corrected chi connectivity index (χ1v) is 10.1. The van der Waals surface area contributed by atoms with Gasteiger partial charge in [-0.15, -0.1) is 11.3 Å². The maximum absolute atomic E-state index is 14.9. The van der Waals surface area contributed by atoms with Gasteiger partial charge in [0.2, 0.25) is 5.43 Å². The van der Waals surface area contributed by atoms with E-state index in [-0.39, 0.29) is 29.0 Å². The number of esters is 1. The number of rotatable bonds is 4. The summed E-state index contributed by atoms with van der Waals surface area (Å²) < 4.78 is 21.4. The fourth-order valence-corrected chi connectivity index (χ4v) is 4.05. The Morgan fingerprint density at radius 2 is 2.28 bits per heavy atom. The van der Waals surface area contributed by atoms with Gasteiger partial charge in [-0.1, -0.05) is 0 Å². The van der Waals surface area contributed by atoms with Crippen molar-refractivity contribution in [3.63, 3.8) is 0 Å². The summed E-state index contributed by atoms with van der Waals surface area (Å²) in [5, 5.41) is 2.24. The summed E-state index contributed by atoms with van der Waals surface area (Å²) in [7, 11) is 0. The summed E-state index contributed by atoms with van der Waals surface area (Å²) in [6.45, 7) is 4.68. The van der Waals surface area contributed by atoms with Gasteiger partial charge in [-0.25, -0.2) is 19.2 Å². The first-order valence-electron chi connectivity index (χ1n) is 9.17. The molecule has 4 rings (SSSR count). The van der Waals surface area contributed by atoms with E-state index >= 15 is 0 Å². The standard InChI is InChI=1S/C19H20FN5O3S/c1-3-28-17(27)12-9-25(18-22-5-7-29-18)15-11(14(12)26)8-13(20)16(23-15)24-6-4-19(2,21)10-24/h5,7-9H,3-4,6,10,21H2,1-2H3. The van der Waals surface area contributed by atoms with Gasteiger partial charge >= 0.3 is 5.97 Å². The summed E-state index contributed by atoms with van der Waals surface area (Å²) in [6.07, 6.45) is 3.65. The minimum Gasteiger partial charge on any atom is -0.462 e. The molecule has 3 aromatic rings. The molecule has 1 atom stereocenters. The van der Waals surface area contributed by atoms with Crippen molar-refractivity contribution in [3.05, 3.63) is 45.4 Å². The van der Waals surface area contributed by atoms with Crippen LogP contribution in [0.25, 0.3) is 16.2 Å². The number of anilines is 1. The van der Waals surface area contributed by atoms with Gasteiger partial charge in [-0.05, 0) is 26.3 Å². The second kappa shape index (κ2) is 7.20. The van der Waals surface area contributed by atoms with Crippen LogP contribution in [-0.4, -0.2) is 45.7 Å². The molecule has 1 aliphatic rings. The minimum absolute atomic E-state index is 0.0123. The Hall–Kier alpha value is -2.85. The zero-order valence-corrected chi connectivity index (χ0v) is 16.8. The summed E-state index contributed by atoms with van der Waals surface area (Å²) in [6, 6.07) is 1.12. The minimum atomic E-state index is -0.771. The Labute approximate surface area is 169 Å². The molecule has 0 amide bonds. The maximum Gasteiger partial charge on any atom is 0.343 e. The van der Waals surface area contributed by atoms with Gasteiger partial charge in [0.25, 0.3) is 0 Å². The number of fused-ring (bicyclic) bond motifs is 1. The van der Waals surface area contributed by atoms with Gasteiger partial charge in [-0.3, -0.25) is 9.36 Å². The van der Waals surface area contributed by atoms with Gasteiger partial charge in [0, 0.05) is 36.4 Å². The normalized spacial score (nSPS) is 19.1. The first-order chi connectivity index (χ1) is 13.8. The topological polar surface area (TPSA) is 103 Å². The van der Waals surface area contributed by atoms with Crippen molar-refractivity contribution in [1.82, 2.24) is 14.5 Å². The van der Waals surface area contributed by atoms with Crippen LogP contribution < -0.4 is 16.1 Å². The third-order valence-corrected chi connectivity index (χ3v) is 5.61. The van der Waals surface area contributed by atoms with Crippen molar-refractivity contribution in [1.29, 1.82) is 0 Å². The lowest BCUT2D eigenvalue weighted by molar-refractivity contribution is 0.0524. The van der Waals surface area contributed by atoms with Crippen molar-refractivity contribution in [2.24, 2.45) is 5.73 Å². The van der Waals surface area contributed by atoms with Crippen LogP contribution in [0.5, 0.6) is 0 Å². The number of ether oxygens (including phenoxy) is 1. The Kier molecular flexibility index (Phi) is 4.83. The Morgan fingerprint density at radius 3 is 2.90 bits per heavy atom. The van der Waals surface area contributed by atoms with Crippen molar-refractivity contribution < 1.29 is 13.9 Å². The van der Waals surface area contributed by atoms with E-state index in [4.69, 9.17) is 10.5 Å². The zero-order chi connectivity index (χ0) is 20.8. The zero-order valence-electron chi connectivity index (χ0n) is 16.0. The molecule has 4 heterocycles. The summed E-state index contributed by atoms with van der Waals surface area (Å²) >= 11 is 1.30. The summed E-state index contributed by atoms with van der Waals surface area (Å²) in [5.74, 6) is -1.29. The number of hydrogen-bond acceptors (Lipinski definition) is 8. The summed E-state index contributed by atoms with van der Waals surface area (Å²) in [4.78, 5) is 35.6. The van der Waals surface area contributed by atoms with E-state index in [9.17, 15) is 14.0 Å². The van der Waals surface area contributed by atoms with Crippen molar-refractivity contribution in [2.45, 2.75) is 25.8 Å². The highest BCUT2D eigenvalue weighted by atomic mass is 32.1. The van der Waals surface area contributed by atoms with E-state index in [0.29, 0.717) is 24.6 Å². The molecule has 0 saturated carbocycles. The number of hydrogen-bond donors (Lipinski definition) is 1. The molecule has 0 bridgehead atoms. The predicted molar refractivity (Wildman–Crippen MR) is 108 cm³/mol. The third-order valence-electron chi connectivity index (χ3n) is 4.84. The lowest BCUT2D eigenvalue weighted by atomic mass is 10.0. The van der Waals surface area contributed by atoms with Crippen molar-refractivity contribution in [2.75, 3.05) is 24.6 Å². The van der Waals surface area contributed by atoms with Crippen molar-refractivity contribution in [3.8, 4) is 5.13 Å². The highest BCUT2D eigenvalue weighted by molar-refractivity contribution is 7.12. The van der Waals surface area contributed by atoms with Crippen molar-refractivity contribution >= 4 is 34.2 Å². The molecular formula is C19H20FN5O3S. The number of nitrogens with two attached hydrogens (primary N) is 1. The van der Waals surface area contributed by atoms with E-state index < -0.39 is 22.8 Å². The molecule has 29 heavy (non-hydrogen) atoms. The van der Waals surface area contributed by atoms with Gasteiger partial charge in [0.1, 0.15) is 5.56 Å². The van der Waals surface area contributed by atoms with E-state index in [1.807, 2.05) is 6.92 Å². The molecule has 0 aromatic carbocycles. The summed E-state index contributed by atoms with van der Waals surface area (Å²) in [5.41, 5.74) is 5.13. The van der Waals surface area contributed by atoms with E-state index in [1.54, 1.807) is 23.4 Å². The molecule has 1 aliphatic heterocycles. The molecule has 0 aliphatic carbocycles. The van der Waals surface area contributed by atoms with Gasteiger partial charge in [-0.2, -0.15) is 0 Å². The second-order valence-corrected chi connectivity index (χ2v) is 8.14. The van der Waals surface area contributed by atoms with E-state index in [1.165, 1.54) is 22.1 Å². The lowest BCUT2D eigenvalue weighted by Gasteiger charge is -2.22. The number of carbonyl (C=O) groups excluding carboxylic acids is 1. The second-order valence-electron chi connectivity index (χ2n) is 7.27. The van der Waals surface area contributed by atoms with Crippen LogP contribution in [0.4, 0.5) is 10.2 Å². The van der Waals surface area contributed by atoms with Gasteiger partial charge < -0.3 is 15.4 Å². The SMILES string of the molecule is CCOC(=O)c1cn(-c2nccs2)c2nc(N3CCC(C)(N)C3)c(F)cc2c1=O. The molecule has 1 saturated heterocycles. The number of carbonyl (C=O) groups is 1. The molecule has 10 heteroatoms. The van der Waals surface area contributed by atoms with Crippen LogP contribution in [0.1, 0.15) is 30.6 Å². The number of nitrogens with zero attached hydrogens (tertiary/aromatic N) is 4. The fraction of sp³-hybridized carbons (Fsp3) is 0.368. The number of pyridine rings is 2. The molecule has 0 spiro atoms. The Balaban J connectivity index is 1.96. The van der Waals surface area contributed by atoms with Crippen LogP contribution in [0.2, 0.25) is 0 Å². The van der Waals surface area contributed by atoms with Crippen LogP contribution in [0, 0.1) is 5.82 Å². The number of thiazole rings is 1. The van der Waals surface area contributed by atoms with Crippen LogP contribution in [-0.2, 0) is 4.74 Å². The molecule has 152 valence electrons. The first kappa shape index (κ1) is 19.5. The molecule has 1 unspecified atom stereocenters. The molecule has 2 N–H and O–H groups in total. The molecule has 3 aromatic heterocycles. The van der Waals surface area contributed by atoms with E-state index in [2.05, 4.69) is 9.97 Å². The Bertz CT molecular complexity index is 1140. The average Bonchev–Trinajstić information content (AvgIpc) is 3.32. The van der Waals surface area contributed by atoms with Crippen LogP contribution in [0.3, 0.4) is 0 Å². The quantitative estimate of drug-likeness (QED) is 0.648. The smallest absolute Gasteiger partial charge is 0.343 e. The third kappa shape index (κ3) is 3.49. The maximum atomic E-state index is 14.9. The number of aromatic nitrogens is 3. The largest absolute Gasteiger partial charge is 0.462 e. The monoisotopic (exact) mass is 417 g/mol. The van der Waals surface area contributed by atoms with Gasteiger partial charge in [0.05, 0.1) is 12.0 Å². The number of halogens is 1.